The van der Waals surface area contributed by atoms with Crippen LogP contribution < -0.4 is 4.46 Å². The van der Waals surface area contributed by atoms with E-state index in [1.807, 2.05) is 12.1 Å². The first-order valence-electron chi connectivity index (χ1n) is 6.12. The molecule has 0 unspecified atom stereocenters. The van der Waals surface area contributed by atoms with E-state index in [9.17, 15) is 0 Å². The van der Waals surface area contributed by atoms with Crippen LogP contribution in [-0.2, 0) is 0 Å². The van der Waals surface area contributed by atoms with E-state index in [1.165, 1.54) is 21.0 Å². The average molecular weight is 332 g/mol. The number of halogens is 1. The summed E-state index contributed by atoms with van der Waals surface area (Å²) in [6.45, 7) is 0. The summed E-state index contributed by atoms with van der Waals surface area (Å²) in [6.07, 6.45) is 0. The van der Waals surface area contributed by atoms with Gasteiger partial charge in [0.2, 0.25) is 0 Å². The van der Waals surface area contributed by atoms with Crippen molar-refractivity contribution in [1.29, 1.82) is 0 Å². The monoisotopic (exact) mass is 332 g/mol. The van der Waals surface area contributed by atoms with E-state index in [0.717, 1.165) is 10.4 Å². The van der Waals surface area contributed by atoms with Gasteiger partial charge in [0, 0.05) is 0 Å². The van der Waals surface area contributed by atoms with Crippen LogP contribution in [0, 0.1) is 0 Å². The van der Waals surface area contributed by atoms with Crippen LogP contribution in [0.15, 0.2) is 60.7 Å². The standard InChI is InChI=1S/C17H13ClSe/c1-19-17-15(12-7-3-2-4-8-12)11-13-9-5-6-10-14(13)16(17)18/h2-11H,1H3. The Balaban J connectivity index is 2.36. The van der Waals surface area contributed by atoms with Crippen LogP contribution in [0.1, 0.15) is 0 Å². The molecule has 0 aliphatic rings. The number of fused-ring (bicyclic) bond motifs is 1. The van der Waals surface area contributed by atoms with Crippen molar-refractivity contribution in [2.45, 2.75) is 5.82 Å². The van der Waals surface area contributed by atoms with Crippen LogP contribution >= 0.6 is 11.6 Å². The van der Waals surface area contributed by atoms with Crippen LogP contribution in [0.5, 0.6) is 0 Å². The Morgan fingerprint density at radius 2 is 1.58 bits per heavy atom. The third-order valence-electron chi connectivity index (χ3n) is 3.23. The molecular weight excluding hydrogens is 319 g/mol. The van der Waals surface area contributed by atoms with Gasteiger partial charge in [-0.25, -0.2) is 0 Å². The summed E-state index contributed by atoms with van der Waals surface area (Å²) in [5.74, 6) is 2.22. The van der Waals surface area contributed by atoms with E-state index < -0.39 is 0 Å². The molecule has 3 aromatic carbocycles. The van der Waals surface area contributed by atoms with Gasteiger partial charge in [0.1, 0.15) is 0 Å². The summed E-state index contributed by atoms with van der Waals surface area (Å²) in [7, 11) is 0. The minimum atomic E-state index is 0.367. The van der Waals surface area contributed by atoms with Crippen molar-refractivity contribution in [3.8, 4) is 11.1 Å². The van der Waals surface area contributed by atoms with E-state index in [0.29, 0.717) is 15.0 Å². The fourth-order valence-corrected chi connectivity index (χ4v) is 4.43. The first-order chi connectivity index (χ1) is 9.31. The summed E-state index contributed by atoms with van der Waals surface area (Å²) < 4.78 is 1.29. The van der Waals surface area contributed by atoms with Crippen LogP contribution in [0.3, 0.4) is 0 Å². The fourth-order valence-electron chi connectivity index (χ4n) is 2.32. The molecule has 0 nitrogen and oxygen atoms in total. The van der Waals surface area contributed by atoms with Gasteiger partial charge in [-0.05, 0) is 0 Å². The summed E-state index contributed by atoms with van der Waals surface area (Å²) in [5.41, 5.74) is 2.51. The predicted molar refractivity (Wildman–Crippen MR) is 85.6 cm³/mol. The molecule has 94 valence electrons. The Bertz CT molecular complexity index is 720. The Morgan fingerprint density at radius 1 is 0.895 bits per heavy atom. The molecule has 0 fully saturated rings. The van der Waals surface area contributed by atoms with Crippen LogP contribution in [0.2, 0.25) is 10.8 Å². The molecule has 0 heterocycles. The second-order valence-corrected chi connectivity index (χ2v) is 6.45. The zero-order chi connectivity index (χ0) is 13.2. The van der Waals surface area contributed by atoms with Gasteiger partial charge in [0.15, 0.2) is 0 Å². The summed E-state index contributed by atoms with van der Waals surface area (Å²) in [6, 6.07) is 21.1. The molecular formula is C17H13ClSe. The molecule has 3 aromatic rings. The van der Waals surface area contributed by atoms with Crippen molar-refractivity contribution in [2.24, 2.45) is 0 Å². The number of hydrogen-bond donors (Lipinski definition) is 0. The zero-order valence-corrected chi connectivity index (χ0v) is 13.0. The molecule has 0 aliphatic carbocycles. The molecule has 0 atom stereocenters. The van der Waals surface area contributed by atoms with Gasteiger partial charge in [-0.3, -0.25) is 0 Å². The van der Waals surface area contributed by atoms with Gasteiger partial charge in [-0.2, -0.15) is 0 Å². The maximum atomic E-state index is 6.61. The van der Waals surface area contributed by atoms with Gasteiger partial charge in [0.25, 0.3) is 0 Å². The first-order valence-corrected chi connectivity index (χ1v) is 9.06. The van der Waals surface area contributed by atoms with Crippen molar-refractivity contribution < 1.29 is 0 Å². The molecule has 0 aliphatic heterocycles. The molecule has 3 rings (SSSR count). The van der Waals surface area contributed by atoms with E-state index in [2.05, 4.69) is 54.4 Å². The Kier molecular flexibility index (Phi) is 3.61. The van der Waals surface area contributed by atoms with Gasteiger partial charge in [-0.15, -0.1) is 0 Å². The molecule has 2 heteroatoms. The number of hydrogen-bond acceptors (Lipinski definition) is 0. The van der Waals surface area contributed by atoms with Crippen molar-refractivity contribution in [1.82, 2.24) is 0 Å². The van der Waals surface area contributed by atoms with Crippen LogP contribution in [-0.4, -0.2) is 15.0 Å². The fraction of sp³-hybridized carbons (Fsp3) is 0.0588. The molecule has 0 saturated carbocycles. The van der Waals surface area contributed by atoms with E-state index in [4.69, 9.17) is 11.6 Å². The molecule has 0 bridgehead atoms. The van der Waals surface area contributed by atoms with Gasteiger partial charge < -0.3 is 0 Å². The second-order valence-electron chi connectivity index (χ2n) is 4.36. The quantitative estimate of drug-likeness (QED) is 0.605. The second kappa shape index (κ2) is 5.38. The third-order valence-corrected chi connectivity index (χ3v) is 5.62. The van der Waals surface area contributed by atoms with Crippen molar-refractivity contribution in [2.75, 3.05) is 0 Å². The molecule has 19 heavy (non-hydrogen) atoms. The molecule has 0 saturated heterocycles. The van der Waals surface area contributed by atoms with Crippen molar-refractivity contribution in [3.63, 3.8) is 0 Å². The van der Waals surface area contributed by atoms with Crippen molar-refractivity contribution in [3.05, 3.63) is 65.7 Å². The van der Waals surface area contributed by atoms with Crippen LogP contribution in [0.25, 0.3) is 21.9 Å². The van der Waals surface area contributed by atoms with E-state index in [-0.39, 0.29) is 0 Å². The number of benzene rings is 3. The Morgan fingerprint density at radius 3 is 2.32 bits per heavy atom. The van der Waals surface area contributed by atoms with Gasteiger partial charge in [0.05, 0.1) is 0 Å². The Labute approximate surface area is 124 Å². The van der Waals surface area contributed by atoms with Crippen molar-refractivity contribution >= 4 is 41.8 Å². The zero-order valence-electron chi connectivity index (χ0n) is 10.6. The van der Waals surface area contributed by atoms with Crippen LogP contribution in [0.4, 0.5) is 0 Å². The minimum absolute atomic E-state index is 0.367. The predicted octanol–water partition coefficient (Wildman–Crippen LogP) is 4.54. The number of rotatable bonds is 2. The molecule has 0 N–H and O–H groups in total. The average Bonchev–Trinajstić information content (AvgIpc) is 2.48. The maximum absolute atomic E-state index is 6.61. The third kappa shape index (κ3) is 2.30. The molecule has 0 spiro atoms. The Hall–Kier alpha value is -1.27. The topological polar surface area (TPSA) is 0 Å². The summed E-state index contributed by atoms with van der Waals surface area (Å²) >= 11 is 6.98. The van der Waals surface area contributed by atoms with Gasteiger partial charge in [-0.1, -0.05) is 0 Å². The normalized spacial score (nSPS) is 10.8. The first kappa shape index (κ1) is 12.7. The molecule has 0 aromatic heterocycles. The molecule has 0 radical (unpaired) electrons. The summed E-state index contributed by atoms with van der Waals surface area (Å²) in [5, 5.41) is 3.28. The van der Waals surface area contributed by atoms with Gasteiger partial charge >= 0.3 is 124 Å². The SMILES string of the molecule is C[Se]c1c(-c2ccccc2)cc2ccccc2c1Cl. The molecule has 0 amide bonds. The van der Waals surface area contributed by atoms with E-state index in [1.54, 1.807) is 0 Å². The van der Waals surface area contributed by atoms with E-state index >= 15 is 0 Å². The summed E-state index contributed by atoms with van der Waals surface area (Å²) in [4.78, 5) is 0.